The highest BCUT2D eigenvalue weighted by Crippen LogP contribution is 2.21. The van der Waals surface area contributed by atoms with Gasteiger partial charge in [0.05, 0.1) is 32.8 Å². The Hall–Kier alpha value is -3.63. The van der Waals surface area contributed by atoms with Gasteiger partial charge in [0.15, 0.2) is 17.1 Å². The number of nitrogen functional groups attached to an aromatic ring is 1. The lowest BCUT2D eigenvalue weighted by atomic mass is 9.98. The fourth-order valence-electron chi connectivity index (χ4n) is 5.91. The number of unbranched alkanes of at least 4 members (excludes halogenated alkanes) is 13. The van der Waals surface area contributed by atoms with Crippen LogP contribution in [-0.4, -0.2) is 75.4 Å². The van der Waals surface area contributed by atoms with Crippen molar-refractivity contribution in [2.75, 3.05) is 32.8 Å². The Morgan fingerprint density at radius 3 is 2.24 bits per heavy atom. The predicted octanol–water partition coefficient (Wildman–Crippen LogP) is 6.13. The standard InChI is InChI=1S/C38H57FN6O5/c1-4-6-7-8-9-10-11-12-13-14-15-16-17-21-24-50-36(47)31(25-30-22-19-18-20-23-30)42-29-49-27-38(5-2,48-3)32(46)26-45-28-41-33-34(40)43-37(39)44-35(33)45/h2,18-20,22-23,28,31-32,42,46H,4,6-17,21,24-27,29H2,1,3H3,(H2,40,43,44)/t31-,32-,38?/m0/s1. The zero-order valence-corrected chi connectivity index (χ0v) is 30.0. The summed E-state index contributed by atoms with van der Waals surface area (Å²) in [5.74, 6) is 2.01. The minimum atomic E-state index is -1.57. The highest BCUT2D eigenvalue weighted by Gasteiger charge is 2.38. The van der Waals surface area contributed by atoms with Gasteiger partial charge in [-0.1, -0.05) is 127 Å². The minimum Gasteiger partial charge on any atom is -0.465 e. The molecule has 1 aromatic carbocycles. The highest BCUT2D eigenvalue weighted by molar-refractivity contribution is 5.81. The number of nitrogens with one attached hydrogen (secondary N) is 1. The third-order valence-electron chi connectivity index (χ3n) is 9.04. The molecule has 0 aliphatic heterocycles. The zero-order valence-electron chi connectivity index (χ0n) is 30.0. The molecular weight excluding hydrogens is 639 g/mol. The number of carbonyl (C=O) groups is 1. The zero-order chi connectivity index (χ0) is 36.0. The van der Waals surface area contributed by atoms with Crippen LogP contribution in [0.5, 0.6) is 0 Å². The molecule has 0 fully saturated rings. The lowest BCUT2D eigenvalue weighted by molar-refractivity contribution is -0.147. The van der Waals surface area contributed by atoms with Crippen molar-refractivity contribution in [2.45, 2.75) is 128 Å². The lowest BCUT2D eigenvalue weighted by Crippen LogP contribution is -2.50. The molecule has 50 heavy (non-hydrogen) atoms. The molecule has 0 bridgehead atoms. The number of anilines is 1. The molecule has 4 N–H and O–H groups in total. The summed E-state index contributed by atoms with van der Waals surface area (Å²) in [4.78, 5) is 24.5. The summed E-state index contributed by atoms with van der Waals surface area (Å²) in [7, 11) is 1.36. The van der Waals surface area contributed by atoms with E-state index < -0.39 is 23.8 Å². The van der Waals surface area contributed by atoms with Crippen LogP contribution in [0.3, 0.4) is 0 Å². The molecule has 0 aliphatic carbocycles. The molecule has 0 aliphatic rings. The summed E-state index contributed by atoms with van der Waals surface area (Å²) in [6.45, 7) is 2.21. The van der Waals surface area contributed by atoms with Gasteiger partial charge in [0.1, 0.15) is 17.7 Å². The van der Waals surface area contributed by atoms with Gasteiger partial charge >= 0.3 is 12.0 Å². The van der Waals surface area contributed by atoms with Crippen LogP contribution in [0.4, 0.5) is 10.2 Å². The van der Waals surface area contributed by atoms with Gasteiger partial charge in [-0.15, -0.1) is 6.42 Å². The van der Waals surface area contributed by atoms with E-state index in [4.69, 9.17) is 26.4 Å². The quantitative estimate of drug-likeness (QED) is 0.0280. The predicted molar refractivity (Wildman–Crippen MR) is 193 cm³/mol. The van der Waals surface area contributed by atoms with Crippen LogP contribution in [0.1, 0.15) is 102 Å². The van der Waals surface area contributed by atoms with Gasteiger partial charge in [-0.05, 0) is 18.4 Å². The Morgan fingerprint density at radius 2 is 1.64 bits per heavy atom. The number of carbonyl (C=O) groups excluding carboxylic acids is 1. The summed E-state index contributed by atoms with van der Waals surface area (Å²) in [6, 6.07) is 9.00. The third kappa shape index (κ3) is 13.6. The van der Waals surface area contributed by atoms with Crippen molar-refractivity contribution < 1.29 is 28.5 Å². The fourth-order valence-corrected chi connectivity index (χ4v) is 5.91. The molecule has 3 atom stereocenters. The van der Waals surface area contributed by atoms with Gasteiger partial charge < -0.3 is 29.6 Å². The lowest BCUT2D eigenvalue weighted by Gasteiger charge is -2.32. The van der Waals surface area contributed by atoms with Crippen molar-refractivity contribution in [3.8, 4) is 12.3 Å². The largest absolute Gasteiger partial charge is 0.465 e. The molecule has 0 saturated heterocycles. The van der Waals surface area contributed by atoms with E-state index in [-0.39, 0.29) is 42.8 Å². The molecule has 0 radical (unpaired) electrons. The Bertz CT molecular complexity index is 1430. The summed E-state index contributed by atoms with van der Waals surface area (Å²) in [6.07, 6.45) is 22.9. The summed E-state index contributed by atoms with van der Waals surface area (Å²) in [5.41, 5.74) is 5.45. The summed E-state index contributed by atoms with van der Waals surface area (Å²) in [5, 5.41) is 14.2. The fraction of sp³-hybridized carbons (Fsp3) is 0.632. The molecular formula is C38H57FN6O5. The second kappa shape index (κ2) is 23.0. The molecule has 2 aromatic heterocycles. The second-order valence-electron chi connectivity index (χ2n) is 12.9. The molecule has 3 aromatic rings. The van der Waals surface area contributed by atoms with Gasteiger partial charge in [0.25, 0.3) is 0 Å². The normalized spacial score (nSPS) is 13.9. The van der Waals surface area contributed by atoms with Crippen LogP contribution in [0.2, 0.25) is 0 Å². The second-order valence-corrected chi connectivity index (χ2v) is 12.9. The minimum absolute atomic E-state index is 0.0616. The van der Waals surface area contributed by atoms with Crippen LogP contribution < -0.4 is 11.1 Å². The van der Waals surface area contributed by atoms with Gasteiger partial charge in [-0.25, -0.2) is 4.98 Å². The Labute approximate surface area is 296 Å². The Balaban J connectivity index is 1.41. The SMILES string of the molecule is C#CC(COCN[C@@H](Cc1ccccc1)C(=O)OCCCCCCCCCCCCCCCC)(OC)[C@@H](O)Cn1cnc2c(N)nc(F)nc21. The molecule has 0 amide bonds. The topological polar surface area (TPSA) is 147 Å². The van der Waals surface area contributed by atoms with Crippen molar-refractivity contribution in [3.63, 3.8) is 0 Å². The maximum absolute atomic E-state index is 13.8. The molecule has 0 saturated carbocycles. The maximum atomic E-state index is 13.8. The van der Waals surface area contributed by atoms with Crippen molar-refractivity contribution in [1.29, 1.82) is 0 Å². The first-order chi connectivity index (χ1) is 24.3. The number of halogens is 1. The number of aliphatic hydroxyl groups excluding tert-OH is 1. The Morgan fingerprint density at radius 1 is 1.02 bits per heavy atom. The monoisotopic (exact) mass is 696 g/mol. The molecule has 1 unspecified atom stereocenters. The number of rotatable bonds is 27. The van der Waals surface area contributed by atoms with E-state index in [0.717, 1.165) is 24.8 Å². The van der Waals surface area contributed by atoms with E-state index in [9.17, 15) is 14.3 Å². The number of methoxy groups -OCH3 is 1. The number of imidazole rings is 1. The average Bonchev–Trinajstić information content (AvgIpc) is 3.52. The smallest absolute Gasteiger partial charge is 0.323 e. The summed E-state index contributed by atoms with van der Waals surface area (Å²) < 4.78 is 32.3. The first-order valence-corrected chi connectivity index (χ1v) is 18.2. The van der Waals surface area contributed by atoms with Crippen LogP contribution in [0.15, 0.2) is 36.7 Å². The van der Waals surface area contributed by atoms with Crippen LogP contribution >= 0.6 is 0 Å². The van der Waals surface area contributed by atoms with Crippen LogP contribution in [0, 0.1) is 18.4 Å². The number of terminal acetylenes is 1. The summed E-state index contributed by atoms with van der Waals surface area (Å²) >= 11 is 0. The molecule has 12 heteroatoms. The Kier molecular flexibility index (Phi) is 18.7. The average molecular weight is 697 g/mol. The number of fused-ring (bicyclic) bond motifs is 1. The molecule has 276 valence electrons. The van der Waals surface area contributed by atoms with Crippen LogP contribution in [0.25, 0.3) is 11.2 Å². The van der Waals surface area contributed by atoms with Crippen molar-refractivity contribution >= 4 is 23.0 Å². The molecule has 0 spiro atoms. The first kappa shape index (κ1) is 40.8. The number of esters is 1. The third-order valence-corrected chi connectivity index (χ3v) is 9.04. The molecule has 11 nitrogen and oxygen atoms in total. The molecule has 2 heterocycles. The van der Waals surface area contributed by atoms with E-state index >= 15 is 0 Å². The molecule has 3 rings (SSSR count). The van der Waals surface area contributed by atoms with Crippen molar-refractivity contribution in [3.05, 3.63) is 48.3 Å². The number of hydrogen-bond acceptors (Lipinski definition) is 10. The number of aliphatic hydroxyl groups is 1. The number of hydrogen-bond donors (Lipinski definition) is 3. The van der Waals surface area contributed by atoms with E-state index in [1.54, 1.807) is 0 Å². The van der Waals surface area contributed by atoms with Gasteiger partial charge in [0, 0.05) is 7.11 Å². The number of aromatic nitrogens is 4. The van der Waals surface area contributed by atoms with E-state index in [1.165, 1.54) is 88.6 Å². The number of ether oxygens (including phenoxy) is 3. The number of nitrogens with zero attached hydrogens (tertiary/aromatic N) is 4. The number of nitrogens with two attached hydrogens (primary N) is 1. The van der Waals surface area contributed by atoms with Crippen LogP contribution in [-0.2, 0) is 32.0 Å². The highest BCUT2D eigenvalue weighted by atomic mass is 19.1. The van der Waals surface area contributed by atoms with Crippen molar-refractivity contribution in [1.82, 2.24) is 24.8 Å². The maximum Gasteiger partial charge on any atom is 0.323 e. The van der Waals surface area contributed by atoms with Gasteiger partial charge in [-0.3, -0.25) is 10.1 Å². The van der Waals surface area contributed by atoms with E-state index in [0.29, 0.717) is 13.0 Å². The van der Waals surface area contributed by atoms with E-state index in [2.05, 4.69) is 33.1 Å². The van der Waals surface area contributed by atoms with Gasteiger partial charge in [-0.2, -0.15) is 14.4 Å². The number of benzene rings is 1. The first-order valence-electron chi connectivity index (χ1n) is 18.2. The van der Waals surface area contributed by atoms with Gasteiger partial charge in [0.2, 0.25) is 0 Å². The van der Waals surface area contributed by atoms with E-state index in [1.807, 2.05) is 30.3 Å². The van der Waals surface area contributed by atoms with Crippen molar-refractivity contribution in [2.24, 2.45) is 0 Å².